The molecule has 0 radical (unpaired) electrons. The van der Waals surface area contributed by atoms with E-state index in [1.165, 1.54) is 4.31 Å². The van der Waals surface area contributed by atoms with E-state index < -0.39 is 10.0 Å². The van der Waals surface area contributed by atoms with E-state index >= 15 is 0 Å². The first-order valence-corrected chi connectivity index (χ1v) is 9.24. The van der Waals surface area contributed by atoms with Gasteiger partial charge in [-0.15, -0.1) is 0 Å². The Bertz CT molecular complexity index is 584. The Morgan fingerprint density at radius 3 is 2.70 bits per heavy atom. The number of nitrogens with zero attached hydrogens (tertiary/aromatic N) is 1. The van der Waals surface area contributed by atoms with E-state index in [1.54, 1.807) is 12.1 Å². The van der Waals surface area contributed by atoms with Crippen LogP contribution in [0.4, 0.5) is 5.69 Å². The maximum absolute atomic E-state index is 12.7. The molecule has 5 nitrogen and oxygen atoms in total. The number of nitrogens with two attached hydrogens (primary N) is 1. The lowest BCUT2D eigenvalue weighted by molar-refractivity contribution is 0.259. The van der Waals surface area contributed by atoms with Crippen LogP contribution in [0, 0.1) is 5.92 Å². The van der Waals surface area contributed by atoms with E-state index in [2.05, 4.69) is 31.9 Å². The molecule has 1 aliphatic heterocycles. The molecule has 1 fully saturated rings. The average molecular weight is 428 g/mol. The number of halogens is 2. The molecule has 112 valence electrons. The predicted octanol–water partition coefficient (Wildman–Crippen LogP) is 2.19. The number of aliphatic hydroxyl groups excluding tert-OH is 1. The van der Waals surface area contributed by atoms with Crippen molar-refractivity contribution in [2.75, 3.05) is 25.4 Å². The molecule has 0 bridgehead atoms. The molecule has 1 unspecified atom stereocenters. The van der Waals surface area contributed by atoms with Gasteiger partial charge in [-0.2, -0.15) is 4.31 Å². The first-order valence-electron chi connectivity index (χ1n) is 6.21. The lowest BCUT2D eigenvalue weighted by Crippen LogP contribution is -2.30. The summed E-state index contributed by atoms with van der Waals surface area (Å²) in [6, 6.07) is 3.25. The lowest BCUT2D eigenvalue weighted by Gasteiger charge is -2.19. The van der Waals surface area contributed by atoms with Gasteiger partial charge < -0.3 is 10.8 Å². The highest BCUT2D eigenvalue weighted by molar-refractivity contribution is 9.11. The first-order chi connectivity index (χ1) is 9.36. The SMILES string of the molecule is Nc1cc(Br)cc(Br)c1S(=O)(=O)N1CCC(CCO)C1. The number of sulfonamides is 1. The van der Waals surface area contributed by atoms with Crippen LogP contribution in [0.25, 0.3) is 0 Å². The van der Waals surface area contributed by atoms with Gasteiger partial charge in [0.2, 0.25) is 10.0 Å². The molecule has 0 aromatic heterocycles. The van der Waals surface area contributed by atoms with Crippen molar-refractivity contribution < 1.29 is 13.5 Å². The van der Waals surface area contributed by atoms with Crippen molar-refractivity contribution in [3.63, 3.8) is 0 Å². The summed E-state index contributed by atoms with van der Waals surface area (Å²) in [4.78, 5) is 0.116. The van der Waals surface area contributed by atoms with Crippen molar-refractivity contribution in [2.24, 2.45) is 5.92 Å². The molecule has 3 N–H and O–H groups in total. The Morgan fingerprint density at radius 2 is 2.10 bits per heavy atom. The van der Waals surface area contributed by atoms with Gasteiger partial charge in [0.05, 0.1) is 5.69 Å². The number of benzene rings is 1. The second-order valence-electron chi connectivity index (χ2n) is 4.84. The van der Waals surface area contributed by atoms with Gasteiger partial charge in [0.15, 0.2) is 0 Å². The predicted molar refractivity (Wildman–Crippen MR) is 84.8 cm³/mol. The monoisotopic (exact) mass is 426 g/mol. The van der Waals surface area contributed by atoms with E-state index in [-0.39, 0.29) is 23.1 Å². The largest absolute Gasteiger partial charge is 0.398 e. The molecular weight excluding hydrogens is 412 g/mol. The zero-order valence-electron chi connectivity index (χ0n) is 10.7. The highest BCUT2D eigenvalue weighted by Gasteiger charge is 2.34. The first kappa shape index (κ1) is 16.2. The standard InChI is InChI=1S/C12H16Br2N2O3S/c13-9-5-10(14)12(11(15)6-9)20(18,19)16-3-1-8(7-16)2-4-17/h5-6,8,17H,1-4,7,15H2. The smallest absolute Gasteiger partial charge is 0.246 e. The van der Waals surface area contributed by atoms with Crippen LogP contribution in [0.5, 0.6) is 0 Å². The minimum Gasteiger partial charge on any atom is -0.398 e. The van der Waals surface area contributed by atoms with Crippen LogP contribution < -0.4 is 5.73 Å². The number of hydrogen-bond acceptors (Lipinski definition) is 4. The van der Waals surface area contributed by atoms with Crippen molar-refractivity contribution >= 4 is 47.6 Å². The molecule has 1 atom stereocenters. The summed E-state index contributed by atoms with van der Waals surface area (Å²) in [5, 5.41) is 8.95. The van der Waals surface area contributed by atoms with Gasteiger partial charge in [-0.3, -0.25) is 0 Å². The molecule has 0 spiro atoms. The Labute approximate surface area is 135 Å². The Balaban J connectivity index is 2.33. The third kappa shape index (κ3) is 3.19. The summed E-state index contributed by atoms with van der Waals surface area (Å²) in [5.74, 6) is 0.213. The third-order valence-corrected chi connectivity index (χ3v) is 6.75. The van der Waals surface area contributed by atoms with Crippen LogP contribution in [0.15, 0.2) is 26.0 Å². The highest BCUT2D eigenvalue weighted by atomic mass is 79.9. The molecule has 0 amide bonds. The number of nitrogen functional groups attached to an aromatic ring is 1. The van der Waals surface area contributed by atoms with Gasteiger partial charge in [-0.05, 0) is 46.8 Å². The number of aliphatic hydroxyl groups is 1. The van der Waals surface area contributed by atoms with Crippen molar-refractivity contribution in [1.29, 1.82) is 0 Å². The number of rotatable bonds is 4. The van der Waals surface area contributed by atoms with Crippen molar-refractivity contribution in [1.82, 2.24) is 4.31 Å². The minimum absolute atomic E-state index is 0.0860. The highest BCUT2D eigenvalue weighted by Crippen LogP contribution is 2.35. The van der Waals surface area contributed by atoms with Crippen molar-refractivity contribution in [3.05, 3.63) is 21.1 Å². The molecule has 1 aliphatic rings. The van der Waals surface area contributed by atoms with Crippen molar-refractivity contribution in [3.8, 4) is 0 Å². The zero-order valence-corrected chi connectivity index (χ0v) is 14.7. The minimum atomic E-state index is -3.61. The molecule has 8 heteroatoms. The Kier molecular flexibility index (Phi) is 5.12. The summed E-state index contributed by atoms with van der Waals surface area (Å²) in [6.45, 7) is 0.989. The van der Waals surface area contributed by atoms with E-state index in [0.717, 1.165) is 10.9 Å². The Hall–Kier alpha value is -0.150. The average Bonchev–Trinajstić information content (AvgIpc) is 2.76. The molecule has 0 saturated carbocycles. The quantitative estimate of drug-likeness (QED) is 0.721. The summed E-state index contributed by atoms with van der Waals surface area (Å²) >= 11 is 6.55. The summed E-state index contributed by atoms with van der Waals surface area (Å²) in [5.41, 5.74) is 6.08. The van der Waals surface area contributed by atoms with E-state index in [0.29, 0.717) is 24.0 Å². The molecule has 2 rings (SSSR count). The lowest BCUT2D eigenvalue weighted by atomic mass is 10.1. The fourth-order valence-corrected chi connectivity index (χ4v) is 5.96. The maximum Gasteiger partial charge on any atom is 0.246 e. The molecule has 0 aliphatic carbocycles. The molecule has 1 saturated heterocycles. The number of hydrogen-bond donors (Lipinski definition) is 2. The normalized spacial score (nSPS) is 20.4. The van der Waals surface area contributed by atoms with Crippen molar-refractivity contribution in [2.45, 2.75) is 17.7 Å². The van der Waals surface area contributed by atoms with Gasteiger partial charge in [0.1, 0.15) is 4.90 Å². The molecule has 20 heavy (non-hydrogen) atoms. The molecule has 1 aromatic carbocycles. The topological polar surface area (TPSA) is 83.6 Å². The summed E-state index contributed by atoms with van der Waals surface area (Å²) in [7, 11) is -3.61. The van der Waals surface area contributed by atoms with Gasteiger partial charge in [-0.25, -0.2) is 8.42 Å². The maximum atomic E-state index is 12.7. The fraction of sp³-hybridized carbons (Fsp3) is 0.500. The van der Waals surface area contributed by atoms with Crippen LogP contribution in [0.2, 0.25) is 0 Å². The summed E-state index contributed by atoms with van der Waals surface area (Å²) in [6.07, 6.45) is 1.40. The number of anilines is 1. The van der Waals surface area contributed by atoms with Gasteiger partial charge >= 0.3 is 0 Å². The Morgan fingerprint density at radius 1 is 1.40 bits per heavy atom. The van der Waals surface area contributed by atoms with Crippen LogP contribution in [0.1, 0.15) is 12.8 Å². The molecule has 1 heterocycles. The third-order valence-electron chi connectivity index (χ3n) is 3.42. The van der Waals surface area contributed by atoms with E-state index in [4.69, 9.17) is 10.8 Å². The van der Waals surface area contributed by atoms with Crippen LogP contribution in [-0.2, 0) is 10.0 Å². The second-order valence-corrected chi connectivity index (χ2v) is 8.48. The molecule has 1 aromatic rings. The van der Waals surface area contributed by atoms with Crippen LogP contribution in [0.3, 0.4) is 0 Å². The van der Waals surface area contributed by atoms with Gasteiger partial charge in [-0.1, -0.05) is 15.9 Å². The fourth-order valence-electron chi connectivity index (χ4n) is 2.42. The van der Waals surface area contributed by atoms with Crippen LogP contribution in [-0.4, -0.2) is 37.5 Å². The second kappa shape index (κ2) is 6.31. The molecular formula is C12H16Br2N2O3S. The van der Waals surface area contributed by atoms with Gasteiger partial charge in [0.25, 0.3) is 0 Å². The summed E-state index contributed by atoms with van der Waals surface area (Å²) < 4.78 is 28.0. The zero-order chi connectivity index (χ0) is 14.9. The van der Waals surface area contributed by atoms with Gasteiger partial charge in [0, 0.05) is 28.6 Å². The van der Waals surface area contributed by atoms with Crippen LogP contribution >= 0.6 is 31.9 Å². The van der Waals surface area contributed by atoms with E-state index in [1.807, 2.05) is 0 Å². The van der Waals surface area contributed by atoms with E-state index in [9.17, 15) is 8.42 Å².